The fourth-order valence-electron chi connectivity index (χ4n) is 4.32. The Bertz CT molecular complexity index is 697. The van der Waals surface area contributed by atoms with Crippen molar-refractivity contribution in [3.05, 3.63) is 10.6 Å². The van der Waals surface area contributed by atoms with Crippen LogP contribution in [0, 0.1) is 11.8 Å². The van der Waals surface area contributed by atoms with Crippen LogP contribution in [-0.2, 0) is 22.5 Å². The third kappa shape index (κ3) is 7.45. The van der Waals surface area contributed by atoms with Gasteiger partial charge in [-0.15, -0.1) is 0 Å². The average Bonchev–Trinajstić information content (AvgIpc) is 3.06. The second kappa shape index (κ2) is 10.4. The smallest absolute Gasteiger partial charge is 0.306 e. The minimum atomic E-state index is -2.47. The molecule has 2 aliphatic rings. The highest BCUT2D eigenvalue weighted by atomic mass is 32.1. The molecule has 1 aromatic rings. The molecular formula is C22H34F2N2O3S. The number of nitrogens with zero attached hydrogens (tertiary/aromatic N) is 2. The number of esters is 1. The second-order valence-electron chi connectivity index (χ2n) is 9.54. The van der Waals surface area contributed by atoms with Crippen LogP contribution in [0.3, 0.4) is 0 Å². The molecule has 8 heteroatoms. The minimum absolute atomic E-state index is 0.0739. The molecule has 0 N–H and O–H groups in total. The summed E-state index contributed by atoms with van der Waals surface area (Å²) in [4.78, 5) is 20.0. The monoisotopic (exact) mass is 444 g/mol. The Morgan fingerprint density at radius 1 is 1.23 bits per heavy atom. The molecule has 1 aliphatic carbocycles. The summed E-state index contributed by atoms with van der Waals surface area (Å²) < 4.78 is 35.2. The molecule has 0 bridgehead atoms. The van der Waals surface area contributed by atoms with Gasteiger partial charge in [-0.1, -0.05) is 24.2 Å². The zero-order valence-electron chi connectivity index (χ0n) is 18.3. The van der Waals surface area contributed by atoms with Gasteiger partial charge in [0.25, 0.3) is 11.6 Å². The van der Waals surface area contributed by atoms with Crippen molar-refractivity contribution in [2.45, 2.75) is 84.3 Å². The molecule has 170 valence electrons. The van der Waals surface area contributed by atoms with Crippen LogP contribution < -0.4 is 4.74 Å². The van der Waals surface area contributed by atoms with Crippen molar-refractivity contribution in [3.8, 4) is 5.19 Å². The van der Waals surface area contributed by atoms with Gasteiger partial charge in [-0.2, -0.15) is 0 Å². The van der Waals surface area contributed by atoms with Crippen LogP contribution >= 0.6 is 11.3 Å². The largest absolute Gasteiger partial charge is 0.464 e. The predicted octanol–water partition coefficient (Wildman–Crippen LogP) is 5.07. The molecule has 1 saturated carbocycles. The van der Waals surface area contributed by atoms with Crippen molar-refractivity contribution in [1.29, 1.82) is 0 Å². The van der Waals surface area contributed by atoms with E-state index in [1.165, 1.54) is 24.2 Å². The van der Waals surface area contributed by atoms with Crippen LogP contribution in [0.4, 0.5) is 8.78 Å². The van der Waals surface area contributed by atoms with Gasteiger partial charge in [0, 0.05) is 24.4 Å². The molecule has 0 radical (unpaired) electrons. The zero-order valence-corrected chi connectivity index (χ0v) is 19.1. The third-order valence-electron chi connectivity index (χ3n) is 5.82. The van der Waals surface area contributed by atoms with Gasteiger partial charge in [0.05, 0.1) is 5.69 Å². The number of fused-ring (bicyclic) bond motifs is 1. The second-order valence-corrected chi connectivity index (χ2v) is 10.6. The normalized spacial score (nSPS) is 22.7. The molecule has 1 aliphatic heterocycles. The summed E-state index contributed by atoms with van der Waals surface area (Å²) in [6.07, 6.45) is 4.70. The van der Waals surface area contributed by atoms with Crippen LogP contribution in [-0.4, -0.2) is 47.6 Å². The van der Waals surface area contributed by atoms with Crippen molar-refractivity contribution in [1.82, 2.24) is 9.88 Å². The predicted molar refractivity (Wildman–Crippen MR) is 113 cm³/mol. The Morgan fingerprint density at radius 2 is 1.93 bits per heavy atom. The highest BCUT2D eigenvalue weighted by molar-refractivity contribution is 7.13. The topological polar surface area (TPSA) is 51.7 Å². The van der Waals surface area contributed by atoms with Crippen molar-refractivity contribution in [3.63, 3.8) is 0 Å². The van der Waals surface area contributed by atoms with Gasteiger partial charge in [0.2, 0.25) is 0 Å². The van der Waals surface area contributed by atoms with Gasteiger partial charge in [0.1, 0.15) is 5.60 Å². The lowest BCUT2D eigenvalue weighted by Crippen LogP contribution is -2.32. The van der Waals surface area contributed by atoms with Gasteiger partial charge in [-0.25, -0.2) is 13.8 Å². The molecule has 1 aromatic heterocycles. The average molecular weight is 445 g/mol. The van der Waals surface area contributed by atoms with E-state index in [9.17, 15) is 13.6 Å². The van der Waals surface area contributed by atoms with E-state index >= 15 is 0 Å². The number of ether oxygens (including phenoxy) is 2. The minimum Gasteiger partial charge on any atom is -0.464 e. The SMILES string of the molecule is CC(C)(C)OC(=O)CC1CCC(CCN2CCc3sc(OCC(F)F)nc3C2)CC1. The zero-order chi connectivity index (χ0) is 21.7. The van der Waals surface area contributed by atoms with Crippen molar-refractivity contribution in [2.75, 3.05) is 19.7 Å². The number of carbonyl (C=O) groups is 1. The lowest BCUT2D eigenvalue weighted by Gasteiger charge is -2.31. The molecule has 5 nitrogen and oxygen atoms in total. The van der Waals surface area contributed by atoms with Crippen molar-refractivity contribution >= 4 is 17.3 Å². The Balaban J connectivity index is 1.36. The molecule has 0 amide bonds. The summed E-state index contributed by atoms with van der Waals surface area (Å²) >= 11 is 1.40. The molecule has 1 fully saturated rings. The summed E-state index contributed by atoms with van der Waals surface area (Å²) in [6.45, 7) is 7.93. The van der Waals surface area contributed by atoms with E-state index in [0.717, 1.165) is 55.9 Å². The van der Waals surface area contributed by atoms with E-state index < -0.39 is 18.6 Å². The number of hydrogen-bond donors (Lipinski definition) is 0. The van der Waals surface area contributed by atoms with Crippen LogP contribution in [0.25, 0.3) is 0 Å². The first-order valence-electron chi connectivity index (χ1n) is 11.0. The summed E-state index contributed by atoms with van der Waals surface area (Å²) in [6, 6.07) is 0. The van der Waals surface area contributed by atoms with E-state index in [2.05, 4.69) is 9.88 Å². The van der Waals surface area contributed by atoms with E-state index in [4.69, 9.17) is 9.47 Å². The number of carbonyl (C=O) groups excluding carboxylic acids is 1. The highest BCUT2D eigenvalue weighted by Gasteiger charge is 2.27. The van der Waals surface area contributed by atoms with Crippen molar-refractivity contribution < 1.29 is 23.0 Å². The number of thiazole rings is 1. The van der Waals surface area contributed by atoms with Gasteiger partial charge in [-0.3, -0.25) is 9.69 Å². The summed E-state index contributed by atoms with van der Waals surface area (Å²) in [7, 11) is 0. The van der Waals surface area contributed by atoms with E-state index in [1.807, 2.05) is 20.8 Å². The molecule has 30 heavy (non-hydrogen) atoms. The maximum Gasteiger partial charge on any atom is 0.306 e. The van der Waals surface area contributed by atoms with E-state index in [-0.39, 0.29) is 5.97 Å². The van der Waals surface area contributed by atoms with Crippen LogP contribution in [0.1, 0.15) is 69.9 Å². The fourth-order valence-corrected chi connectivity index (χ4v) is 5.24. The summed E-state index contributed by atoms with van der Waals surface area (Å²) in [5, 5.41) is 0.366. The summed E-state index contributed by atoms with van der Waals surface area (Å²) in [5.41, 5.74) is 0.576. The van der Waals surface area contributed by atoms with Crippen LogP contribution in [0.15, 0.2) is 0 Å². The van der Waals surface area contributed by atoms with Crippen LogP contribution in [0.5, 0.6) is 5.19 Å². The lowest BCUT2D eigenvalue weighted by molar-refractivity contribution is -0.156. The molecule has 0 unspecified atom stereocenters. The maximum absolute atomic E-state index is 12.3. The standard InChI is InChI=1S/C22H34F2N2O3S/c1-22(2,3)29-20(27)12-16-6-4-15(5-7-16)8-10-26-11-9-18-17(13-26)25-21(30-18)28-14-19(23)24/h15-16,19H,4-14H2,1-3H3. The van der Waals surface area contributed by atoms with Crippen molar-refractivity contribution in [2.24, 2.45) is 11.8 Å². The fraction of sp³-hybridized carbons (Fsp3) is 0.818. The first-order chi connectivity index (χ1) is 14.2. The highest BCUT2D eigenvalue weighted by Crippen LogP contribution is 2.34. The Hall–Kier alpha value is -1.28. The Kier molecular flexibility index (Phi) is 8.07. The van der Waals surface area contributed by atoms with Gasteiger partial charge in [-0.05, 0) is 64.8 Å². The molecule has 0 atom stereocenters. The number of halogens is 2. The molecule has 0 saturated heterocycles. The Morgan fingerprint density at radius 3 is 2.60 bits per heavy atom. The summed E-state index contributed by atoms with van der Waals surface area (Å²) in [5.74, 6) is 1.09. The molecule has 3 rings (SSSR count). The first-order valence-corrected chi connectivity index (χ1v) is 11.8. The lowest BCUT2D eigenvalue weighted by atomic mass is 9.79. The molecule has 0 aromatic carbocycles. The maximum atomic E-state index is 12.3. The first kappa shape index (κ1) is 23.4. The molecular weight excluding hydrogens is 410 g/mol. The number of aromatic nitrogens is 1. The van der Waals surface area contributed by atoms with Gasteiger partial charge < -0.3 is 9.47 Å². The number of hydrogen-bond acceptors (Lipinski definition) is 6. The molecule has 0 spiro atoms. The molecule has 2 heterocycles. The van der Waals surface area contributed by atoms with E-state index in [1.54, 1.807) is 0 Å². The Labute approximate surface area is 182 Å². The number of alkyl halides is 2. The quantitative estimate of drug-likeness (QED) is 0.524. The van der Waals surface area contributed by atoms with Gasteiger partial charge >= 0.3 is 5.97 Å². The third-order valence-corrected chi connectivity index (χ3v) is 6.89. The number of rotatable bonds is 8. The van der Waals surface area contributed by atoms with E-state index in [0.29, 0.717) is 23.5 Å². The van der Waals surface area contributed by atoms with Crippen LogP contribution in [0.2, 0.25) is 0 Å². The van der Waals surface area contributed by atoms with Gasteiger partial charge in [0.15, 0.2) is 6.61 Å².